The average molecular weight is 283 g/mol. The number of hydrogen-bond acceptors (Lipinski definition) is 4. The molecule has 0 aromatic carbocycles. The second-order valence-electron chi connectivity index (χ2n) is 6.48. The summed E-state index contributed by atoms with van der Waals surface area (Å²) in [6, 6.07) is 0.444. The maximum Gasteiger partial charge on any atom is 0.0594 e. The Bertz CT molecular complexity index is 260. The van der Waals surface area contributed by atoms with Crippen LogP contribution in [0.4, 0.5) is 0 Å². The minimum Gasteiger partial charge on any atom is -0.379 e. The zero-order valence-corrected chi connectivity index (χ0v) is 13.2. The monoisotopic (exact) mass is 283 g/mol. The Morgan fingerprint density at radius 3 is 2.45 bits per heavy atom. The van der Waals surface area contributed by atoms with Gasteiger partial charge in [-0.3, -0.25) is 16.2 Å². The van der Waals surface area contributed by atoms with Gasteiger partial charge in [-0.2, -0.15) is 0 Å². The standard InChI is InChI=1S/C16H33N3O/c1-2-3-4-5-8-15(18-17)16(9-6-7-10-16)19-11-13-20-14-12-19/h15,18H,2-14,17H2,1H3. The van der Waals surface area contributed by atoms with Gasteiger partial charge in [-0.05, 0) is 19.3 Å². The topological polar surface area (TPSA) is 50.5 Å². The molecule has 3 N–H and O–H groups in total. The van der Waals surface area contributed by atoms with Crippen molar-refractivity contribution >= 4 is 0 Å². The molecule has 1 unspecified atom stereocenters. The third-order valence-corrected chi connectivity index (χ3v) is 5.31. The Morgan fingerprint density at radius 1 is 1.15 bits per heavy atom. The number of hydrazine groups is 1. The van der Waals surface area contributed by atoms with Crippen LogP contribution in [0.25, 0.3) is 0 Å². The fourth-order valence-corrected chi connectivity index (χ4v) is 4.16. The molecule has 4 heteroatoms. The highest BCUT2D eigenvalue weighted by Gasteiger charge is 2.45. The van der Waals surface area contributed by atoms with E-state index in [2.05, 4.69) is 17.2 Å². The number of nitrogens with two attached hydrogens (primary N) is 1. The molecule has 0 radical (unpaired) electrons. The van der Waals surface area contributed by atoms with Crippen molar-refractivity contribution in [3.8, 4) is 0 Å². The first-order valence-electron chi connectivity index (χ1n) is 8.62. The molecule has 1 saturated heterocycles. The Labute approximate surface area is 124 Å². The van der Waals surface area contributed by atoms with E-state index in [-0.39, 0.29) is 0 Å². The van der Waals surface area contributed by atoms with Gasteiger partial charge in [-0.25, -0.2) is 0 Å². The van der Waals surface area contributed by atoms with Gasteiger partial charge in [0.15, 0.2) is 0 Å². The third kappa shape index (κ3) is 3.73. The van der Waals surface area contributed by atoms with E-state index in [0.717, 1.165) is 26.3 Å². The second kappa shape index (κ2) is 8.32. The Morgan fingerprint density at radius 2 is 1.85 bits per heavy atom. The van der Waals surface area contributed by atoms with Crippen LogP contribution in [0.3, 0.4) is 0 Å². The maximum absolute atomic E-state index is 5.95. The van der Waals surface area contributed by atoms with Gasteiger partial charge in [0, 0.05) is 24.7 Å². The van der Waals surface area contributed by atoms with Gasteiger partial charge >= 0.3 is 0 Å². The fourth-order valence-electron chi connectivity index (χ4n) is 4.16. The van der Waals surface area contributed by atoms with Gasteiger partial charge in [0.05, 0.1) is 13.2 Å². The van der Waals surface area contributed by atoms with Crippen LogP contribution in [0, 0.1) is 0 Å². The zero-order valence-electron chi connectivity index (χ0n) is 13.2. The lowest BCUT2D eigenvalue weighted by atomic mass is 9.83. The van der Waals surface area contributed by atoms with E-state index < -0.39 is 0 Å². The predicted octanol–water partition coefficient (Wildman–Crippen LogP) is 2.43. The molecule has 0 amide bonds. The SMILES string of the molecule is CCCCCCC(NN)C1(N2CCOCC2)CCCC1. The predicted molar refractivity (Wildman–Crippen MR) is 83.5 cm³/mol. The molecule has 2 fully saturated rings. The first-order chi connectivity index (χ1) is 9.83. The Kier molecular flexibility index (Phi) is 6.75. The van der Waals surface area contributed by atoms with Gasteiger partial charge < -0.3 is 4.74 Å². The molecule has 0 aromatic heterocycles. The van der Waals surface area contributed by atoms with Gasteiger partial charge in [-0.15, -0.1) is 0 Å². The molecule has 1 saturated carbocycles. The largest absolute Gasteiger partial charge is 0.379 e. The molecule has 1 aliphatic carbocycles. The number of morpholine rings is 1. The lowest BCUT2D eigenvalue weighted by Crippen LogP contribution is -2.63. The van der Waals surface area contributed by atoms with Crippen LogP contribution in [-0.4, -0.2) is 42.8 Å². The summed E-state index contributed by atoms with van der Waals surface area (Å²) in [5, 5.41) is 0. The molecule has 2 aliphatic rings. The van der Waals surface area contributed by atoms with Crippen LogP contribution in [0.2, 0.25) is 0 Å². The molecule has 118 valence electrons. The molecule has 4 nitrogen and oxygen atoms in total. The van der Waals surface area contributed by atoms with Gasteiger partial charge in [0.2, 0.25) is 0 Å². The Balaban J connectivity index is 1.96. The van der Waals surface area contributed by atoms with E-state index in [1.54, 1.807) is 0 Å². The van der Waals surface area contributed by atoms with Crippen LogP contribution in [0.1, 0.15) is 64.7 Å². The van der Waals surface area contributed by atoms with E-state index >= 15 is 0 Å². The molecular weight excluding hydrogens is 250 g/mol. The smallest absolute Gasteiger partial charge is 0.0594 e. The molecule has 1 atom stereocenters. The lowest BCUT2D eigenvalue weighted by Gasteiger charge is -2.48. The van der Waals surface area contributed by atoms with Crippen molar-refractivity contribution in [2.75, 3.05) is 26.3 Å². The molecular formula is C16H33N3O. The zero-order chi connectivity index (χ0) is 14.3. The van der Waals surface area contributed by atoms with Gasteiger partial charge in [0.25, 0.3) is 0 Å². The second-order valence-corrected chi connectivity index (χ2v) is 6.48. The van der Waals surface area contributed by atoms with E-state index in [0.29, 0.717) is 11.6 Å². The summed E-state index contributed by atoms with van der Waals surface area (Å²) >= 11 is 0. The van der Waals surface area contributed by atoms with Crippen LogP contribution in [0.15, 0.2) is 0 Å². The fraction of sp³-hybridized carbons (Fsp3) is 1.00. The summed E-state index contributed by atoms with van der Waals surface area (Å²) < 4.78 is 5.54. The van der Waals surface area contributed by atoms with Crippen molar-refractivity contribution in [3.05, 3.63) is 0 Å². The molecule has 0 aromatic rings. The minimum absolute atomic E-state index is 0.296. The van der Waals surface area contributed by atoms with Crippen molar-refractivity contribution in [2.24, 2.45) is 5.84 Å². The first kappa shape index (κ1) is 16.2. The maximum atomic E-state index is 5.95. The van der Waals surface area contributed by atoms with Crippen molar-refractivity contribution in [1.82, 2.24) is 10.3 Å². The number of ether oxygens (including phenoxy) is 1. The molecule has 2 rings (SSSR count). The molecule has 0 spiro atoms. The van der Waals surface area contributed by atoms with Crippen LogP contribution >= 0.6 is 0 Å². The van der Waals surface area contributed by atoms with Gasteiger partial charge in [-0.1, -0.05) is 45.4 Å². The lowest BCUT2D eigenvalue weighted by molar-refractivity contribution is -0.0372. The van der Waals surface area contributed by atoms with Crippen LogP contribution < -0.4 is 11.3 Å². The molecule has 20 heavy (non-hydrogen) atoms. The summed E-state index contributed by atoms with van der Waals surface area (Å²) in [5.41, 5.74) is 3.47. The first-order valence-corrected chi connectivity index (χ1v) is 8.62. The summed E-state index contributed by atoms with van der Waals surface area (Å²) in [6.45, 7) is 6.19. The highest BCUT2D eigenvalue weighted by molar-refractivity contribution is 5.03. The average Bonchev–Trinajstić information content (AvgIpc) is 2.99. The van der Waals surface area contributed by atoms with Crippen LogP contribution in [-0.2, 0) is 4.74 Å². The quantitative estimate of drug-likeness (QED) is 0.408. The summed E-state index contributed by atoms with van der Waals surface area (Å²) in [6.07, 6.45) is 11.8. The van der Waals surface area contributed by atoms with E-state index in [1.165, 1.54) is 57.8 Å². The van der Waals surface area contributed by atoms with Crippen molar-refractivity contribution in [3.63, 3.8) is 0 Å². The highest BCUT2D eigenvalue weighted by Crippen LogP contribution is 2.40. The summed E-state index contributed by atoms with van der Waals surface area (Å²) in [7, 11) is 0. The number of unbranched alkanes of at least 4 members (excludes halogenated alkanes) is 3. The number of rotatable bonds is 8. The van der Waals surface area contributed by atoms with Crippen LogP contribution in [0.5, 0.6) is 0 Å². The van der Waals surface area contributed by atoms with Gasteiger partial charge in [0.1, 0.15) is 0 Å². The van der Waals surface area contributed by atoms with Crippen molar-refractivity contribution in [2.45, 2.75) is 76.3 Å². The van der Waals surface area contributed by atoms with Crippen molar-refractivity contribution < 1.29 is 4.74 Å². The molecule has 1 aliphatic heterocycles. The number of hydrogen-bond donors (Lipinski definition) is 2. The third-order valence-electron chi connectivity index (χ3n) is 5.31. The number of nitrogens with zero attached hydrogens (tertiary/aromatic N) is 1. The highest BCUT2D eigenvalue weighted by atomic mass is 16.5. The number of nitrogens with one attached hydrogen (secondary N) is 1. The molecule has 0 bridgehead atoms. The van der Waals surface area contributed by atoms with E-state index in [4.69, 9.17) is 10.6 Å². The van der Waals surface area contributed by atoms with E-state index in [9.17, 15) is 0 Å². The normalized spacial score (nSPS) is 24.9. The minimum atomic E-state index is 0.296. The Hall–Kier alpha value is -0.160. The van der Waals surface area contributed by atoms with E-state index in [1.807, 2.05) is 0 Å². The van der Waals surface area contributed by atoms with Crippen molar-refractivity contribution in [1.29, 1.82) is 0 Å². The summed E-state index contributed by atoms with van der Waals surface area (Å²) in [5.74, 6) is 5.95. The summed E-state index contributed by atoms with van der Waals surface area (Å²) in [4.78, 5) is 2.67. The molecule has 1 heterocycles.